The van der Waals surface area contributed by atoms with Crippen molar-refractivity contribution in [3.05, 3.63) is 62.4 Å². The lowest BCUT2D eigenvalue weighted by Gasteiger charge is -2.11. The van der Waals surface area contributed by atoms with Crippen LogP contribution in [0.4, 0.5) is 14.5 Å². The monoisotopic (exact) mass is 295 g/mol. The molecule has 2 N–H and O–H groups in total. The molecule has 0 bridgehead atoms. The van der Waals surface area contributed by atoms with E-state index in [1.54, 1.807) is 0 Å². The Balaban J connectivity index is 2.50. The van der Waals surface area contributed by atoms with Crippen molar-refractivity contribution in [2.75, 3.05) is 5.73 Å². The minimum absolute atomic E-state index is 0.0642. The van der Waals surface area contributed by atoms with Crippen LogP contribution in [0.1, 0.15) is 18.9 Å². The zero-order valence-electron chi connectivity index (χ0n) is 11.5. The first-order chi connectivity index (χ1) is 9.93. The van der Waals surface area contributed by atoms with E-state index >= 15 is 0 Å². The van der Waals surface area contributed by atoms with Gasteiger partial charge in [0.2, 0.25) is 0 Å². The van der Waals surface area contributed by atoms with E-state index in [1.165, 1.54) is 16.8 Å². The Morgan fingerprint density at radius 2 is 1.90 bits per heavy atom. The third kappa shape index (κ3) is 3.01. The van der Waals surface area contributed by atoms with Gasteiger partial charge in [0.15, 0.2) is 11.6 Å². The molecule has 1 heterocycles. The first-order valence-electron chi connectivity index (χ1n) is 6.47. The van der Waals surface area contributed by atoms with E-state index in [0.29, 0.717) is 18.5 Å². The standard InChI is InChI=1S/C14H15F2N3O2/c1-2-5-18-8-12(17)13(20)19(14(18)21)7-9-3-4-10(15)11(16)6-9/h3-4,6,8H,2,5,7,17H2,1H3. The van der Waals surface area contributed by atoms with Crippen LogP contribution in [0.3, 0.4) is 0 Å². The lowest BCUT2D eigenvalue weighted by molar-refractivity contribution is 0.505. The molecule has 0 radical (unpaired) electrons. The summed E-state index contributed by atoms with van der Waals surface area (Å²) >= 11 is 0. The van der Waals surface area contributed by atoms with Gasteiger partial charge in [0, 0.05) is 12.7 Å². The van der Waals surface area contributed by atoms with Crippen molar-refractivity contribution in [1.29, 1.82) is 0 Å². The molecule has 0 aliphatic carbocycles. The fraction of sp³-hybridized carbons (Fsp3) is 0.286. The Kier molecular flexibility index (Phi) is 4.21. The summed E-state index contributed by atoms with van der Waals surface area (Å²) in [6, 6.07) is 3.22. The summed E-state index contributed by atoms with van der Waals surface area (Å²) in [5.74, 6) is -2.01. The second kappa shape index (κ2) is 5.90. The van der Waals surface area contributed by atoms with Gasteiger partial charge in [0.05, 0.1) is 6.54 Å². The molecule has 0 saturated heterocycles. The second-order valence-electron chi connectivity index (χ2n) is 4.70. The largest absolute Gasteiger partial charge is 0.393 e. The van der Waals surface area contributed by atoms with Crippen molar-refractivity contribution >= 4 is 5.69 Å². The van der Waals surface area contributed by atoms with Gasteiger partial charge in [-0.15, -0.1) is 0 Å². The van der Waals surface area contributed by atoms with Gasteiger partial charge in [0.1, 0.15) is 5.69 Å². The normalized spacial score (nSPS) is 10.8. The molecule has 0 amide bonds. The highest BCUT2D eigenvalue weighted by atomic mass is 19.2. The number of hydrogen-bond acceptors (Lipinski definition) is 3. The van der Waals surface area contributed by atoms with Gasteiger partial charge >= 0.3 is 5.69 Å². The van der Waals surface area contributed by atoms with Crippen molar-refractivity contribution in [3.8, 4) is 0 Å². The van der Waals surface area contributed by atoms with Crippen molar-refractivity contribution in [2.45, 2.75) is 26.4 Å². The van der Waals surface area contributed by atoms with E-state index in [9.17, 15) is 18.4 Å². The van der Waals surface area contributed by atoms with Crippen LogP contribution < -0.4 is 17.0 Å². The van der Waals surface area contributed by atoms with Crippen LogP contribution in [-0.4, -0.2) is 9.13 Å². The van der Waals surface area contributed by atoms with E-state index in [-0.39, 0.29) is 12.2 Å². The molecule has 0 spiro atoms. The van der Waals surface area contributed by atoms with Crippen LogP contribution in [-0.2, 0) is 13.1 Å². The van der Waals surface area contributed by atoms with E-state index in [2.05, 4.69) is 0 Å². The van der Waals surface area contributed by atoms with Gasteiger partial charge in [-0.25, -0.2) is 13.6 Å². The summed E-state index contributed by atoms with van der Waals surface area (Å²) in [4.78, 5) is 24.1. The van der Waals surface area contributed by atoms with Crippen molar-refractivity contribution < 1.29 is 8.78 Å². The Hall–Kier alpha value is -2.44. The maximum Gasteiger partial charge on any atom is 0.331 e. The van der Waals surface area contributed by atoms with Crippen molar-refractivity contribution in [2.24, 2.45) is 0 Å². The molecular formula is C14H15F2N3O2. The summed E-state index contributed by atoms with van der Waals surface area (Å²) in [6.45, 7) is 2.14. The van der Waals surface area contributed by atoms with Gasteiger partial charge < -0.3 is 5.73 Å². The van der Waals surface area contributed by atoms with Crippen molar-refractivity contribution in [3.63, 3.8) is 0 Å². The maximum atomic E-state index is 13.2. The number of nitrogens with two attached hydrogens (primary N) is 1. The van der Waals surface area contributed by atoms with Crippen LogP contribution >= 0.6 is 0 Å². The Morgan fingerprint density at radius 1 is 1.19 bits per heavy atom. The highest BCUT2D eigenvalue weighted by Crippen LogP contribution is 2.09. The summed E-state index contributed by atoms with van der Waals surface area (Å²) in [5.41, 5.74) is 4.68. The smallest absolute Gasteiger partial charge is 0.331 e. The van der Waals surface area contributed by atoms with Gasteiger partial charge in [-0.1, -0.05) is 13.0 Å². The fourth-order valence-corrected chi connectivity index (χ4v) is 2.04. The van der Waals surface area contributed by atoms with Crippen LogP contribution in [0, 0.1) is 11.6 Å². The molecule has 112 valence electrons. The first kappa shape index (κ1) is 15.0. The molecule has 0 saturated carbocycles. The second-order valence-corrected chi connectivity index (χ2v) is 4.70. The quantitative estimate of drug-likeness (QED) is 0.925. The maximum absolute atomic E-state index is 13.2. The van der Waals surface area contributed by atoms with E-state index < -0.39 is 22.9 Å². The topological polar surface area (TPSA) is 70.0 Å². The number of nitrogen functional groups attached to an aromatic ring is 1. The van der Waals surface area contributed by atoms with Gasteiger partial charge in [-0.05, 0) is 24.1 Å². The third-order valence-electron chi connectivity index (χ3n) is 3.05. The molecular weight excluding hydrogens is 280 g/mol. The summed E-state index contributed by atoms with van der Waals surface area (Å²) in [6.07, 6.45) is 2.00. The lowest BCUT2D eigenvalue weighted by Crippen LogP contribution is -2.40. The van der Waals surface area contributed by atoms with E-state index in [1.807, 2.05) is 6.92 Å². The molecule has 0 atom stereocenters. The summed E-state index contributed by atoms with van der Waals surface area (Å²) < 4.78 is 28.3. The number of nitrogens with zero attached hydrogens (tertiary/aromatic N) is 2. The van der Waals surface area contributed by atoms with Crippen LogP contribution in [0.5, 0.6) is 0 Å². The minimum atomic E-state index is -1.03. The zero-order valence-corrected chi connectivity index (χ0v) is 11.5. The van der Waals surface area contributed by atoms with Gasteiger partial charge in [0.25, 0.3) is 5.56 Å². The molecule has 2 rings (SSSR count). The molecule has 1 aromatic heterocycles. The van der Waals surface area contributed by atoms with Gasteiger partial charge in [-0.2, -0.15) is 0 Å². The van der Waals surface area contributed by atoms with Crippen LogP contribution in [0.15, 0.2) is 34.0 Å². The molecule has 0 aliphatic rings. The highest BCUT2D eigenvalue weighted by molar-refractivity contribution is 5.31. The SMILES string of the molecule is CCCn1cc(N)c(=O)n(Cc2ccc(F)c(F)c2)c1=O. The number of hydrogen-bond donors (Lipinski definition) is 1. The molecule has 0 aliphatic heterocycles. The van der Waals surface area contributed by atoms with Gasteiger partial charge in [-0.3, -0.25) is 13.9 Å². The average molecular weight is 295 g/mol. The van der Waals surface area contributed by atoms with E-state index in [4.69, 9.17) is 5.73 Å². The highest BCUT2D eigenvalue weighted by Gasteiger charge is 2.11. The fourth-order valence-electron chi connectivity index (χ4n) is 2.04. The summed E-state index contributed by atoms with van der Waals surface area (Å²) in [7, 11) is 0. The third-order valence-corrected chi connectivity index (χ3v) is 3.05. The van der Waals surface area contributed by atoms with E-state index in [0.717, 1.165) is 16.7 Å². The molecule has 0 fully saturated rings. The molecule has 1 aromatic carbocycles. The predicted octanol–water partition coefficient (Wildman–Crippen LogP) is 1.33. The molecule has 21 heavy (non-hydrogen) atoms. The molecule has 2 aromatic rings. The minimum Gasteiger partial charge on any atom is -0.393 e. The Bertz CT molecular complexity index is 781. The first-order valence-corrected chi connectivity index (χ1v) is 6.47. The lowest BCUT2D eigenvalue weighted by atomic mass is 10.2. The van der Waals surface area contributed by atoms with Crippen LogP contribution in [0.25, 0.3) is 0 Å². The number of aryl methyl sites for hydroxylation is 1. The average Bonchev–Trinajstić information content (AvgIpc) is 2.45. The molecule has 0 unspecified atom stereocenters. The number of benzene rings is 1. The number of aromatic nitrogens is 2. The van der Waals surface area contributed by atoms with Crippen LogP contribution in [0.2, 0.25) is 0 Å². The number of anilines is 1. The van der Waals surface area contributed by atoms with Crippen molar-refractivity contribution in [1.82, 2.24) is 9.13 Å². The molecule has 5 nitrogen and oxygen atoms in total. The number of halogens is 2. The molecule has 7 heteroatoms. The number of rotatable bonds is 4. The Labute approximate surface area is 119 Å². The zero-order chi connectivity index (χ0) is 15.6. The Morgan fingerprint density at radius 3 is 2.52 bits per heavy atom. The predicted molar refractivity (Wildman–Crippen MR) is 75.1 cm³/mol. The summed E-state index contributed by atoms with van der Waals surface area (Å²) in [5, 5.41) is 0.